The maximum atomic E-state index is 6.49. The molecule has 42 heavy (non-hydrogen) atoms. The lowest BCUT2D eigenvalue weighted by Crippen LogP contribution is -2.20. The van der Waals surface area contributed by atoms with Crippen molar-refractivity contribution in [3.63, 3.8) is 0 Å². The first-order valence-corrected chi connectivity index (χ1v) is 13.8. The van der Waals surface area contributed by atoms with E-state index in [0.717, 1.165) is 62.6 Å². The number of hydrogen-bond acceptors (Lipinski definition) is 6. The second-order valence-electron chi connectivity index (χ2n) is 10.3. The predicted molar refractivity (Wildman–Crippen MR) is 163 cm³/mol. The van der Waals surface area contributed by atoms with Gasteiger partial charge < -0.3 is 24.3 Å². The molecule has 6 heteroatoms. The van der Waals surface area contributed by atoms with Crippen LogP contribution in [-0.4, -0.2) is 0 Å². The Morgan fingerprint density at radius 2 is 1.05 bits per heavy atom. The Morgan fingerprint density at radius 1 is 0.500 bits per heavy atom. The monoisotopic (exact) mass is 546 g/mol. The highest BCUT2D eigenvalue weighted by Crippen LogP contribution is 2.60. The summed E-state index contributed by atoms with van der Waals surface area (Å²) in [6, 6.07) is 41.9. The molecule has 0 bridgehead atoms. The molecule has 0 aliphatic carbocycles. The van der Waals surface area contributed by atoms with Crippen LogP contribution in [0.3, 0.4) is 0 Å². The lowest BCUT2D eigenvalue weighted by atomic mass is 9.99. The maximum absolute atomic E-state index is 6.49. The highest BCUT2D eigenvalue weighted by Gasteiger charge is 2.35. The number of rotatable bonds is 3. The van der Waals surface area contributed by atoms with Crippen molar-refractivity contribution in [1.29, 1.82) is 0 Å². The quantitative estimate of drug-likeness (QED) is 0.238. The van der Waals surface area contributed by atoms with E-state index in [0.29, 0.717) is 23.0 Å². The van der Waals surface area contributed by atoms with E-state index >= 15 is 0 Å². The number of anilines is 5. The van der Waals surface area contributed by atoms with Gasteiger partial charge in [-0.1, -0.05) is 54.6 Å². The lowest BCUT2D eigenvalue weighted by molar-refractivity contribution is 0.446. The number of para-hydroxylation sites is 7. The van der Waals surface area contributed by atoms with Crippen molar-refractivity contribution in [1.82, 2.24) is 0 Å². The minimum Gasteiger partial charge on any atom is -0.455 e. The van der Waals surface area contributed by atoms with Crippen LogP contribution in [0.5, 0.6) is 46.0 Å². The summed E-state index contributed by atoms with van der Waals surface area (Å²) in [6.45, 7) is 0. The molecule has 3 aliphatic heterocycles. The van der Waals surface area contributed by atoms with Crippen molar-refractivity contribution < 1.29 is 18.9 Å². The van der Waals surface area contributed by atoms with Gasteiger partial charge in [0.05, 0.1) is 17.1 Å². The van der Waals surface area contributed by atoms with Gasteiger partial charge in [0.25, 0.3) is 0 Å². The summed E-state index contributed by atoms with van der Waals surface area (Å²) < 4.78 is 25.8. The zero-order valence-corrected chi connectivity index (χ0v) is 22.2. The van der Waals surface area contributed by atoms with Gasteiger partial charge in [0.2, 0.25) is 0 Å². The largest absolute Gasteiger partial charge is 0.455 e. The molecule has 3 heterocycles. The molecule has 0 saturated heterocycles. The van der Waals surface area contributed by atoms with Crippen molar-refractivity contribution in [3.8, 4) is 57.1 Å². The number of fused-ring (bicyclic) bond motifs is 6. The first-order chi connectivity index (χ1) is 20.8. The molecule has 0 atom stereocenters. The van der Waals surface area contributed by atoms with Crippen molar-refractivity contribution in [2.24, 2.45) is 0 Å². The molecular formula is C36H22N2O4. The molecule has 6 aromatic rings. The van der Waals surface area contributed by atoms with E-state index in [1.165, 1.54) is 0 Å². The molecule has 0 spiro atoms. The van der Waals surface area contributed by atoms with Gasteiger partial charge in [-0.15, -0.1) is 0 Å². The van der Waals surface area contributed by atoms with Gasteiger partial charge in [-0.2, -0.15) is 0 Å². The second-order valence-corrected chi connectivity index (χ2v) is 10.3. The third-order valence-electron chi connectivity index (χ3n) is 7.65. The molecule has 9 rings (SSSR count). The molecule has 0 aromatic heterocycles. The van der Waals surface area contributed by atoms with Crippen LogP contribution in [0.2, 0.25) is 0 Å². The number of nitrogens with zero attached hydrogens (tertiary/aromatic N) is 1. The fourth-order valence-electron chi connectivity index (χ4n) is 5.76. The smallest absolute Gasteiger partial charge is 0.156 e. The van der Waals surface area contributed by atoms with Crippen LogP contribution in [0, 0.1) is 0 Å². The molecule has 0 saturated carbocycles. The summed E-state index contributed by atoms with van der Waals surface area (Å²) in [5.41, 5.74) is 6.28. The first kappa shape index (κ1) is 22.9. The van der Waals surface area contributed by atoms with Crippen LogP contribution in [0.4, 0.5) is 28.4 Å². The molecule has 0 fully saturated rings. The van der Waals surface area contributed by atoms with Gasteiger partial charge in [0.15, 0.2) is 40.2 Å². The summed E-state index contributed by atoms with van der Waals surface area (Å²) in [7, 11) is 0. The van der Waals surface area contributed by atoms with Crippen molar-refractivity contribution >= 4 is 28.4 Å². The molecule has 1 N–H and O–H groups in total. The summed E-state index contributed by atoms with van der Waals surface area (Å²) in [6.07, 6.45) is 0. The van der Waals surface area contributed by atoms with Gasteiger partial charge in [-0.3, -0.25) is 4.90 Å². The Balaban J connectivity index is 1.22. The molecule has 6 nitrogen and oxygen atoms in total. The van der Waals surface area contributed by atoms with Crippen LogP contribution in [0.1, 0.15) is 0 Å². The predicted octanol–water partition coefficient (Wildman–Crippen LogP) is 10.7. The van der Waals surface area contributed by atoms with E-state index in [-0.39, 0.29) is 0 Å². The maximum Gasteiger partial charge on any atom is 0.156 e. The van der Waals surface area contributed by atoms with E-state index < -0.39 is 0 Å². The van der Waals surface area contributed by atoms with E-state index in [4.69, 9.17) is 18.9 Å². The van der Waals surface area contributed by atoms with Crippen molar-refractivity contribution in [2.75, 3.05) is 10.2 Å². The Labute approximate surface area is 241 Å². The van der Waals surface area contributed by atoms with Gasteiger partial charge in [-0.25, -0.2) is 0 Å². The number of hydrogen-bond donors (Lipinski definition) is 1. The number of benzene rings is 6. The molecule has 0 radical (unpaired) electrons. The van der Waals surface area contributed by atoms with Gasteiger partial charge in [0, 0.05) is 0 Å². The zero-order valence-electron chi connectivity index (χ0n) is 22.2. The molecule has 6 aromatic carbocycles. The fourth-order valence-corrected chi connectivity index (χ4v) is 5.76. The minimum atomic E-state index is 0.647. The first-order valence-electron chi connectivity index (χ1n) is 13.8. The molecule has 3 aliphatic rings. The Morgan fingerprint density at radius 3 is 1.76 bits per heavy atom. The normalized spacial score (nSPS) is 13.0. The van der Waals surface area contributed by atoms with Crippen LogP contribution in [0.15, 0.2) is 127 Å². The minimum absolute atomic E-state index is 0.647. The second kappa shape index (κ2) is 8.81. The lowest BCUT2D eigenvalue weighted by Gasteiger charge is -2.38. The number of ether oxygens (including phenoxy) is 4. The SMILES string of the molecule is c1ccc(Oc2cc(-c3cc4c5c(c3)Oc3ccccc3N5c3ccccc3O4)cc3c2Nc2ccccc2O3)cc1. The van der Waals surface area contributed by atoms with Crippen LogP contribution < -0.4 is 29.2 Å². The third kappa shape index (κ3) is 3.52. The van der Waals surface area contributed by atoms with E-state index in [9.17, 15) is 0 Å². The Bertz CT molecular complexity index is 1950. The van der Waals surface area contributed by atoms with Gasteiger partial charge in [-0.05, 0) is 83.9 Å². The zero-order chi connectivity index (χ0) is 27.6. The average molecular weight is 547 g/mol. The standard InChI is InChI=1S/C36H22N2O4/c1-2-10-24(11-3-1)39-31-18-22(19-32-35(31)37-25-12-4-7-15-28(25)40-32)23-20-33-36-34(21-23)42-30-17-9-6-14-27(30)38(36)26-13-5-8-16-29(26)41-33/h1-21,37H. The fraction of sp³-hybridized carbons (Fsp3) is 0. The summed E-state index contributed by atoms with van der Waals surface area (Å²) in [4.78, 5) is 2.22. The summed E-state index contributed by atoms with van der Waals surface area (Å²) >= 11 is 0. The van der Waals surface area contributed by atoms with Gasteiger partial charge >= 0.3 is 0 Å². The summed E-state index contributed by atoms with van der Waals surface area (Å²) in [5, 5.41) is 3.51. The topological polar surface area (TPSA) is 52.2 Å². The molecular weight excluding hydrogens is 524 g/mol. The van der Waals surface area contributed by atoms with E-state index in [1.807, 2.05) is 103 Å². The van der Waals surface area contributed by atoms with Crippen molar-refractivity contribution in [3.05, 3.63) is 127 Å². The molecule has 200 valence electrons. The average Bonchev–Trinajstić information content (AvgIpc) is 3.04. The summed E-state index contributed by atoms with van der Waals surface area (Å²) in [5.74, 6) is 5.79. The number of nitrogens with one attached hydrogen (secondary N) is 1. The third-order valence-corrected chi connectivity index (χ3v) is 7.65. The van der Waals surface area contributed by atoms with Gasteiger partial charge in [0.1, 0.15) is 17.1 Å². The van der Waals surface area contributed by atoms with Crippen molar-refractivity contribution in [2.45, 2.75) is 0 Å². The highest BCUT2D eigenvalue weighted by atomic mass is 16.5. The van der Waals surface area contributed by atoms with Crippen LogP contribution in [-0.2, 0) is 0 Å². The molecule has 0 unspecified atom stereocenters. The Hall–Kier alpha value is -5.88. The van der Waals surface area contributed by atoms with E-state index in [1.54, 1.807) is 0 Å². The van der Waals surface area contributed by atoms with Crippen LogP contribution >= 0.6 is 0 Å². The van der Waals surface area contributed by atoms with E-state index in [2.05, 4.69) is 34.5 Å². The molecule has 0 amide bonds. The Kier molecular flexibility index (Phi) is 4.80. The highest BCUT2D eigenvalue weighted by molar-refractivity contribution is 5.95. The van der Waals surface area contributed by atoms with Crippen LogP contribution in [0.25, 0.3) is 11.1 Å².